The molecule has 0 radical (unpaired) electrons. The summed E-state index contributed by atoms with van der Waals surface area (Å²) in [5.74, 6) is -13.0. The lowest BCUT2D eigenvalue weighted by molar-refractivity contribution is -0.127. The fourth-order valence-electron chi connectivity index (χ4n) is 1.29. The van der Waals surface area contributed by atoms with E-state index in [1.807, 2.05) is 0 Å². The van der Waals surface area contributed by atoms with Gasteiger partial charge in [0.05, 0.1) is 0 Å². The van der Waals surface area contributed by atoms with Crippen LogP contribution in [-0.2, 0) is 4.74 Å². The van der Waals surface area contributed by atoms with Crippen molar-refractivity contribution < 1.29 is 31.8 Å². The SMILES string of the molecule is CCCCOC1C(O)=C(F)C(F)=C(F)C1(F)F. The predicted octanol–water partition coefficient (Wildman–Crippen LogP) is 3.71. The number of allylic oxidation sites excluding steroid dienone is 2. The summed E-state index contributed by atoms with van der Waals surface area (Å²) in [6.45, 7) is 1.53. The highest BCUT2D eigenvalue weighted by molar-refractivity contribution is 5.36. The first-order valence-corrected chi connectivity index (χ1v) is 4.98. The Morgan fingerprint density at radius 3 is 2.35 bits per heavy atom. The van der Waals surface area contributed by atoms with Gasteiger partial charge in [0, 0.05) is 6.61 Å². The number of aliphatic hydroxyl groups excluding tert-OH is 1. The van der Waals surface area contributed by atoms with Crippen LogP contribution < -0.4 is 0 Å². The second-order valence-corrected chi connectivity index (χ2v) is 3.55. The van der Waals surface area contributed by atoms with Gasteiger partial charge in [0.25, 0.3) is 0 Å². The third-order valence-corrected chi connectivity index (χ3v) is 2.26. The quantitative estimate of drug-likeness (QED) is 0.615. The van der Waals surface area contributed by atoms with Crippen LogP contribution in [0, 0.1) is 0 Å². The number of unbranched alkanes of at least 4 members (excludes halogenated alkanes) is 1. The standard InChI is InChI=1S/C10H11F5O2/c1-2-3-4-17-9-7(16)5(11)6(12)8(13)10(9,14)15/h9,16H,2-4H2,1H3. The molecular weight excluding hydrogens is 247 g/mol. The van der Waals surface area contributed by atoms with E-state index in [-0.39, 0.29) is 6.61 Å². The van der Waals surface area contributed by atoms with Gasteiger partial charge in [-0.25, -0.2) is 8.78 Å². The first-order chi connectivity index (χ1) is 7.84. The fraction of sp³-hybridized carbons (Fsp3) is 0.600. The minimum atomic E-state index is -4.41. The highest BCUT2D eigenvalue weighted by Crippen LogP contribution is 2.43. The lowest BCUT2D eigenvalue weighted by atomic mass is 10.0. The maximum absolute atomic E-state index is 13.2. The number of hydrogen-bond donors (Lipinski definition) is 1. The normalized spacial score (nSPS) is 24.5. The van der Waals surface area contributed by atoms with Gasteiger partial charge in [0.15, 0.2) is 17.7 Å². The van der Waals surface area contributed by atoms with E-state index < -0.39 is 35.3 Å². The summed E-state index contributed by atoms with van der Waals surface area (Å²) in [7, 11) is 0. The Labute approximate surface area is 94.4 Å². The monoisotopic (exact) mass is 258 g/mol. The van der Waals surface area contributed by atoms with Crippen molar-refractivity contribution in [1.29, 1.82) is 0 Å². The summed E-state index contributed by atoms with van der Waals surface area (Å²) < 4.78 is 69.3. The van der Waals surface area contributed by atoms with Crippen molar-refractivity contribution >= 4 is 0 Å². The number of ether oxygens (including phenoxy) is 1. The van der Waals surface area contributed by atoms with Crippen LogP contribution in [0.15, 0.2) is 23.2 Å². The van der Waals surface area contributed by atoms with Gasteiger partial charge in [-0.15, -0.1) is 0 Å². The van der Waals surface area contributed by atoms with Crippen LogP contribution in [0.3, 0.4) is 0 Å². The van der Waals surface area contributed by atoms with E-state index in [4.69, 9.17) is 5.11 Å². The topological polar surface area (TPSA) is 29.5 Å². The van der Waals surface area contributed by atoms with Crippen LogP contribution in [-0.4, -0.2) is 23.7 Å². The molecule has 0 heterocycles. The largest absolute Gasteiger partial charge is 0.506 e. The number of rotatable bonds is 4. The Hall–Kier alpha value is -1.11. The molecule has 0 aromatic heterocycles. The van der Waals surface area contributed by atoms with Crippen molar-refractivity contribution in [3.8, 4) is 0 Å². The maximum Gasteiger partial charge on any atom is 0.334 e. The molecule has 0 spiro atoms. The van der Waals surface area contributed by atoms with Crippen LogP contribution in [0.5, 0.6) is 0 Å². The van der Waals surface area contributed by atoms with E-state index in [1.54, 1.807) is 6.92 Å². The average molecular weight is 258 g/mol. The summed E-state index contributed by atoms with van der Waals surface area (Å²) in [6, 6.07) is 0. The number of hydrogen-bond acceptors (Lipinski definition) is 2. The van der Waals surface area contributed by atoms with Crippen molar-refractivity contribution in [1.82, 2.24) is 0 Å². The fourth-order valence-corrected chi connectivity index (χ4v) is 1.29. The molecule has 17 heavy (non-hydrogen) atoms. The Morgan fingerprint density at radius 2 is 1.82 bits per heavy atom. The van der Waals surface area contributed by atoms with Crippen molar-refractivity contribution in [2.24, 2.45) is 0 Å². The Morgan fingerprint density at radius 1 is 1.24 bits per heavy atom. The van der Waals surface area contributed by atoms with Crippen LogP contribution >= 0.6 is 0 Å². The molecule has 1 aliphatic carbocycles. The van der Waals surface area contributed by atoms with Crippen molar-refractivity contribution in [2.75, 3.05) is 6.61 Å². The molecule has 7 heteroatoms. The lowest BCUT2D eigenvalue weighted by Gasteiger charge is -2.28. The second-order valence-electron chi connectivity index (χ2n) is 3.55. The molecule has 1 aliphatic rings. The number of aliphatic hydroxyl groups is 1. The van der Waals surface area contributed by atoms with Gasteiger partial charge in [0.2, 0.25) is 11.7 Å². The van der Waals surface area contributed by atoms with Crippen LogP contribution in [0.1, 0.15) is 19.8 Å². The van der Waals surface area contributed by atoms with E-state index in [1.165, 1.54) is 0 Å². The first kappa shape index (κ1) is 14.0. The predicted molar refractivity (Wildman–Crippen MR) is 49.6 cm³/mol. The molecule has 0 amide bonds. The van der Waals surface area contributed by atoms with Gasteiger partial charge in [-0.1, -0.05) is 13.3 Å². The molecular formula is C10H11F5O2. The minimum Gasteiger partial charge on any atom is -0.506 e. The van der Waals surface area contributed by atoms with E-state index in [0.29, 0.717) is 12.8 Å². The number of alkyl halides is 2. The molecule has 1 N–H and O–H groups in total. The molecule has 0 saturated carbocycles. The van der Waals surface area contributed by atoms with Crippen LogP contribution in [0.2, 0.25) is 0 Å². The lowest BCUT2D eigenvalue weighted by Crippen LogP contribution is -2.41. The average Bonchev–Trinajstić information content (AvgIpc) is 2.29. The van der Waals surface area contributed by atoms with Crippen LogP contribution in [0.25, 0.3) is 0 Å². The van der Waals surface area contributed by atoms with E-state index in [2.05, 4.69) is 4.74 Å². The maximum atomic E-state index is 13.2. The molecule has 1 unspecified atom stereocenters. The highest BCUT2D eigenvalue weighted by Gasteiger charge is 2.54. The number of halogens is 5. The van der Waals surface area contributed by atoms with Crippen molar-refractivity contribution in [3.05, 3.63) is 23.2 Å². The molecule has 1 atom stereocenters. The second kappa shape index (κ2) is 5.03. The summed E-state index contributed by atoms with van der Waals surface area (Å²) in [6.07, 6.45) is -1.54. The third-order valence-electron chi connectivity index (χ3n) is 2.26. The Bertz CT molecular complexity index is 362. The molecule has 0 bridgehead atoms. The zero-order valence-electron chi connectivity index (χ0n) is 8.94. The molecule has 1 rings (SSSR count). The Kier molecular flexibility index (Phi) is 4.13. The van der Waals surface area contributed by atoms with Gasteiger partial charge in [-0.05, 0) is 6.42 Å². The smallest absolute Gasteiger partial charge is 0.334 e. The summed E-state index contributed by atoms with van der Waals surface area (Å²) >= 11 is 0. The van der Waals surface area contributed by atoms with Gasteiger partial charge >= 0.3 is 5.92 Å². The van der Waals surface area contributed by atoms with Gasteiger partial charge in [-0.3, -0.25) is 0 Å². The molecule has 2 nitrogen and oxygen atoms in total. The zero-order valence-corrected chi connectivity index (χ0v) is 8.94. The molecule has 0 aromatic carbocycles. The third kappa shape index (κ3) is 2.43. The van der Waals surface area contributed by atoms with E-state index in [9.17, 15) is 22.0 Å². The molecule has 0 aromatic rings. The van der Waals surface area contributed by atoms with E-state index >= 15 is 0 Å². The molecule has 98 valence electrons. The van der Waals surface area contributed by atoms with Gasteiger partial charge < -0.3 is 9.84 Å². The summed E-state index contributed by atoms with van der Waals surface area (Å²) in [5, 5.41) is 9.02. The minimum absolute atomic E-state index is 0.219. The van der Waals surface area contributed by atoms with Gasteiger partial charge in [0.1, 0.15) is 0 Å². The van der Waals surface area contributed by atoms with Crippen LogP contribution in [0.4, 0.5) is 22.0 Å². The molecule has 0 fully saturated rings. The van der Waals surface area contributed by atoms with Crippen molar-refractivity contribution in [3.63, 3.8) is 0 Å². The van der Waals surface area contributed by atoms with E-state index in [0.717, 1.165) is 0 Å². The van der Waals surface area contributed by atoms with Gasteiger partial charge in [-0.2, -0.15) is 13.2 Å². The first-order valence-electron chi connectivity index (χ1n) is 4.98. The highest BCUT2D eigenvalue weighted by atomic mass is 19.3. The molecule has 0 saturated heterocycles. The van der Waals surface area contributed by atoms with Crippen molar-refractivity contribution in [2.45, 2.75) is 31.8 Å². The summed E-state index contributed by atoms with van der Waals surface area (Å²) in [5.41, 5.74) is 0. The Balaban J connectivity index is 2.98. The summed E-state index contributed by atoms with van der Waals surface area (Å²) in [4.78, 5) is 0. The zero-order chi connectivity index (χ0) is 13.2. The molecule has 0 aliphatic heterocycles.